The number of halogens is 1. The predicted molar refractivity (Wildman–Crippen MR) is 110 cm³/mol. The Labute approximate surface area is 163 Å². The van der Waals surface area contributed by atoms with Gasteiger partial charge in [-0.1, -0.05) is 35.9 Å². The van der Waals surface area contributed by atoms with Crippen molar-refractivity contribution in [3.63, 3.8) is 0 Å². The molecule has 0 unspecified atom stereocenters. The normalized spacial score (nSPS) is 10.1. The first kappa shape index (κ1) is 19.9. The summed E-state index contributed by atoms with van der Waals surface area (Å²) in [6.45, 7) is 1.49. The molecule has 0 aromatic heterocycles. The van der Waals surface area contributed by atoms with Gasteiger partial charge in [-0.25, -0.2) is 0 Å². The van der Waals surface area contributed by atoms with Crippen molar-refractivity contribution in [3.8, 4) is 0 Å². The zero-order chi connectivity index (χ0) is 19.1. The van der Waals surface area contributed by atoms with E-state index in [4.69, 9.17) is 23.8 Å². The second-order valence-electron chi connectivity index (χ2n) is 5.72. The Bertz CT molecular complexity index is 826. The number of nitrogens with zero attached hydrogens (tertiary/aromatic N) is 1. The van der Waals surface area contributed by atoms with Gasteiger partial charge in [0.1, 0.15) is 0 Å². The molecule has 0 saturated carbocycles. The number of amides is 2. The maximum Gasteiger partial charge on any atom is 0.226 e. The summed E-state index contributed by atoms with van der Waals surface area (Å²) in [6, 6.07) is 14.6. The Kier molecular flexibility index (Phi) is 7.12. The molecule has 0 fully saturated rings. The van der Waals surface area contributed by atoms with Crippen LogP contribution in [0.1, 0.15) is 18.9 Å². The molecule has 0 aliphatic rings. The fourth-order valence-electron chi connectivity index (χ4n) is 2.27. The van der Waals surface area contributed by atoms with Crippen molar-refractivity contribution in [2.45, 2.75) is 19.8 Å². The second-order valence-corrected chi connectivity index (χ2v) is 6.54. The minimum absolute atomic E-state index is 0.0717. The van der Waals surface area contributed by atoms with Crippen LogP contribution in [0.4, 0.5) is 11.4 Å². The van der Waals surface area contributed by atoms with Gasteiger partial charge in [0.05, 0.1) is 0 Å². The lowest BCUT2D eigenvalue weighted by molar-refractivity contribution is -0.119. The van der Waals surface area contributed by atoms with E-state index in [0.29, 0.717) is 17.1 Å². The fourth-order valence-corrected chi connectivity index (χ4v) is 2.74. The highest BCUT2D eigenvalue weighted by atomic mass is 35.5. The number of carbonyl (C=O) groups excluding carboxylic acids is 2. The van der Waals surface area contributed by atoms with E-state index in [0.717, 1.165) is 11.3 Å². The van der Waals surface area contributed by atoms with Crippen LogP contribution in [0.15, 0.2) is 48.5 Å². The van der Waals surface area contributed by atoms with Gasteiger partial charge in [-0.3, -0.25) is 9.59 Å². The first-order valence-corrected chi connectivity index (χ1v) is 8.84. The largest absolute Gasteiger partial charge is 0.332 e. The first-order chi connectivity index (χ1) is 12.4. The molecule has 2 aromatic carbocycles. The summed E-state index contributed by atoms with van der Waals surface area (Å²) in [5, 5.41) is 6.45. The molecular formula is C19H20ClN3O2S. The van der Waals surface area contributed by atoms with Crippen molar-refractivity contribution in [2.75, 3.05) is 17.3 Å². The van der Waals surface area contributed by atoms with Crippen LogP contribution in [-0.2, 0) is 16.0 Å². The standard InChI is InChI=1S/C19H20ClN3O2S/c1-13(24)23(2)16-8-5-7-15(12-16)21-19(26)22-18(25)11-10-14-6-3-4-9-17(14)20/h3-9,12H,10-11H2,1-2H3,(H2,21,22,25,26). The third kappa shape index (κ3) is 5.82. The summed E-state index contributed by atoms with van der Waals surface area (Å²) in [5.74, 6) is -0.267. The van der Waals surface area contributed by atoms with E-state index in [1.807, 2.05) is 24.3 Å². The lowest BCUT2D eigenvalue weighted by Crippen LogP contribution is -2.34. The van der Waals surface area contributed by atoms with Gasteiger partial charge in [-0.05, 0) is 48.5 Å². The van der Waals surface area contributed by atoms with Crippen molar-refractivity contribution in [2.24, 2.45) is 0 Å². The number of anilines is 2. The van der Waals surface area contributed by atoms with E-state index in [9.17, 15) is 9.59 Å². The third-order valence-corrected chi connectivity index (χ3v) is 4.37. The van der Waals surface area contributed by atoms with E-state index in [2.05, 4.69) is 10.6 Å². The van der Waals surface area contributed by atoms with Crippen LogP contribution in [0.3, 0.4) is 0 Å². The van der Waals surface area contributed by atoms with Gasteiger partial charge in [0.2, 0.25) is 11.8 Å². The average molecular weight is 390 g/mol. The van der Waals surface area contributed by atoms with Crippen LogP contribution in [0.2, 0.25) is 5.02 Å². The Balaban J connectivity index is 1.88. The van der Waals surface area contributed by atoms with Crippen LogP contribution < -0.4 is 15.5 Å². The Morgan fingerprint density at radius 2 is 1.88 bits per heavy atom. The number of hydrogen-bond donors (Lipinski definition) is 2. The highest BCUT2D eigenvalue weighted by Gasteiger charge is 2.09. The molecule has 0 aliphatic heterocycles. The number of benzene rings is 2. The summed E-state index contributed by atoms with van der Waals surface area (Å²) in [4.78, 5) is 25.0. The molecule has 5 nitrogen and oxygen atoms in total. The lowest BCUT2D eigenvalue weighted by Gasteiger charge is -2.16. The van der Waals surface area contributed by atoms with E-state index in [1.54, 1.807) is 31.3 Å². The summed E-state index contributed by atoms with van der Waals surface area (Å²) >= 11 is 11.3. The number of hydrogen-bond acceptors (Lipinski definition) is 3. The van der Waals surface area contributed by atoms with Crippen LogP contribution >= 0.6 is 23.8 Å². The van der Waals surface area contributed by atoms with Crippen molar-refractivity contribution >= 4 is 52.1 Å². The molecule has 7 heteroatoms. The molecule has 0 aliphatic carbocycles. The first-order valence-electron chi connectivity index (χ1n) is 8.05. The number of thiocarbonyl (C=S) groups is 1. The minimum atomic E-state index is -0.195. The van der Waals surface area contributed by atoms with Gasteiger partial charge in [0.25, 0.3) is 0 Å². The predicted octanol–water partition coefficient (Wildman–Crippen LogP) is 3.77. The smallest absolute Gasteiger partial charge is 0.226 e. The van der Waals surface area contributed by atoms with E-state index >= 15 is 0 Å². The highest BCUT2D eigenvalue weighted by Crippen LogP contribution is 2.19. The van der Waals surface area contributed by atoms with E-state index in [-0.39, 0.29) is 23.3 Å². The molecule has 2 rings (SSSR count). The topological polar surface area (TPSA) is 61.4 Å². The zero-order valence-corrected chi connectivity index (χ0v) is 16.2. The molecule has 0 saturated heterocycles. The zero-order valence-electron chi connectivity index (χ0n) is 14.6. The van der Waals surface area contributed by atoms with Crippen LogP contribution in [0.25, 0.3) is 0 Å². The summed E-state index contributed by atoms with van der Waals surface area (Å²) in [5.41, 5.74) is 2.34. The highest BCUT2D eigenvalue weighted by molar-refractivity contribution is 7.80. The number of nitrogens with one attached hydrogen (secondary N) is 2. The molecule has 0 radical (unpaired) electrons. The molecule has 136 valence electrons. The van der Waals surface area contributed by atoms with Crippen molar-refractivity contribution in [1.82, 2.24) is 5.32 Å². The SMILES string of the molecule is CC(=O)N(C)c1cccc(NC(=S)NC(=O)CCc2ccccc2Cl)c1. The van der Waals surface area contributed by atoms with E-state index < -0.39 is 0 Å². The average Bonchev–Trinajstić information content (AvgIpc) is 2.60. The van der Waals surface area contributed by atoms with Gasteiger partial charge in [-0.15, -0.1) is 0 Å². The Hall–Kier alpha value is -2.44. The third-order valence-electron chi connectivity index (χ3n) is 3.80. The number of aryl methyl sites for hydroxylation is 1. The molecule has 0 bridgehead atoms. The van der Waals surface area contributed by atoms with Crippen molar-refractivity contribution in [3.05, 3.63) is 59.1 Å². The van der Waals surface area contributed by atoms with Crippen molar-refractivity contribution < 1.29 is 9.59 Å². The van der Waals surface area contributed by atoms with Crippen molar-refractivity contribution in [1.29, 1.82) is 0 Å². The number of carbonyl (C=O) groups is 2. The van der Waals surface area contributed by atoms with Gasteiger partial charge >= 0.3 is 0 Å². The molecule has 2 amide bonds. The van der Waals surface area contributed by atoms with Gasteiger partial charge in [0, 0.05) is 36.8 Å². The minimum Gasteiger partial charge on any atom is -0.332 e. The molecule has 26 heavy (non-hydrogen) atoms. The second kappa shape index (κ2) is 9.31. The Morgan fingerprint density at radius 3 is 2.58 bits per heavy atom. The van der Waals surface area contributed by atoms with Crippen LogP contribution in [-0.4, -0.2) is 24.0 Å². The summed E-state index contributed by atoms with van der Waals surface area (Å²) in [7, 11) is 1.69. The van der Waals surface area contributed by atoms with Crippen LogP contribution in [0, 0.1) is 0 Å². The molecule has 0 heterocycles. The van der Waals surface area contributed by atoms with Gasteiger partial charge in [-0.2, -0.15) is 0 Å². The summed E-state index contributed by atoms with van der Waals surface area (Å²) < 4.78 is 0. The maximum absolute atomic E-state index is 12.1. The number of rotatable bonds is 5. The molecule has 2 aromatic rings. The molecule has 0 spiro atoms. The fraction of sp³-hybridized carbons (Fsp3) is 0.211. The monoisotopic (exact) mass is 389 g/mol. The molecule has 2 N–H and O–H groups in total. The molecular weight excluding hydrogens is 370 g/mol. The lowest BCUT2D eigenvalue weighted by atomic mass is 10.1. The summed E-state index contributed by atoms with van der Waals surface area (Å²) in [6.07, 6.45) is 0.811. The molecule has 0 atom stereocenters. The maximum atomic E-state index is 12.1. The van der Waals surface area contributed by atoms with Gasteiger partial charge in [0.15, 0.2) is 5.11 Å². The Morgan fingerprint density at radius 1 is 1.15 bits per heavy atom. The quantitative estimate of drug-likeness (QED) is 0.764. The van der Waals surface area contributed by atoms with Gasteiger partial charge < -0.3 is 15.5 Å². The van der Waals surface area contributed by atoms with E-state index in [1.165, 1.54) is 11.8 Å². The van der Waals surface area contributed by atoms with Crippen LogP contribution in [0.5, 0.6) is 0 Å².